The first-order chi connectivity index (χ1) is 12.8. The minimum Gasteiger partial charge on any atom is -0.482 e. The molecule has 142 valence electrons. The maximum absolute atomic E-state index is 12.7. The van der Waals surface area contributed by atoms with Gasteiger partial charge >= 0.3 is 12.1 Å². The highest BCUT2D eigenvalue weighted by Gasteiger charge is 2.30. The molecule has 1 fully saturated rings. The van der Waals surface area contributed by atoms with Crippen molar-refractivity contribution in [3.05, 3.63) is 54.1 Å². The molecule has 27 heavy (non-hydrogen) atoms. The molecular weight excluding hydrogens is 363 g/mol. The summed E-state index contributed by atoms with van der Waals surface area (Å²) < 4.78 is 48.2. The van der Waals surface area contributed by atoms with E-state index < -0.39 is 24.3 Å². The largest absolute Gasteiger partial charge is 0.482 e. The summed E-state index contributed by atoms with van der Waals surface area (Å²) >= 11 is 0. The molecule has 1 saturated heterocycles. The number of esters is 1. The molecule has 0 bridgehead atoms. The summed E-state index contributed by atoms with van der Waals surface area (Å²) in [6.07, 6.45) is -3.24. The summed E-state index contributed by atoms with van der Waals surface area (Å²) in [6.45, 7) is 0.0586. The average molecular weight is 379 g/mol. The van der Waals surface area contributed by atoms with E-state index in [4.69, 9.17) is 9.47 Å². The molecule has 1 amide bonds. The first-order valence-corrected chi connectivity index (χ1v) is 8.24. The van der Waals surface area contributed by atoms with E-state index >= 15 is 0 Å². The van der Waals surface area contributed by atoms with Crippen molar-refractivity contribution in [2.45, 2.75) is 19.0 Å². The molecule has 2 aromatic rings. The topological polar surface area (TPSA) is 55.8 Å². The molecular formula is C19H16F3NO4. The van der Waals surface area contributed by atoms with E-state index in [9.17, 15) is 22.8 Å². The number of rotatable bonds is 5. The molecule has 0 radical (unpaired) electrons. The Labute approximate surface area is 153 Å². The van der Waals surface area contributed by atoms with Crippen LogP contribution in [-0.2, 0) is 15.8 Å². The van der Waals surface area contributed by atoms with Gasteiger partial charge in [-0.2, -0.15) is 13.2 Å². The monoisotopic (exact) mass is 379 g/mol. The van der Waals surface area contributed by atoms with Crippen LogP contribution in [0.2, 0.25) is 0 Å². The van der Waals surface area contributed by atoms with Crippen LogP contribution in [0.5, 0.6) is 11.5 Å². The molecule has 1 aliphatic rings. The van der Waals surface area contributed by atoms with Crippen LogP contribution in [0.1, 0.15) is 18.4 Å². The van der Waals surface area contributed by atoms with Crippen molar-refractivity contribution >= 4 is 17.6 Å². The fourth-order valence-corrected chi connectivity index (χ4v) is 2.70. The molecule has 0 aromatic heterocycles. The molecule has 8 heteroatoms. The van der Waals surface area contributed by atoms with Crippen LogP contribution in [-0.4, -0.2) is 25.0 Å². The molecule has 1 aliphatic heterocycles. The van der Waals surface area contributed by atoms with E-state index in [1.807, 2.05) is 0 Å². The van der Waals surface area contributed by atoms with Gasteiger partial charge in [-0.05, 0) is 36.8 Å². The smallest absolute Gasteiger partial charge is 0.416 e. The van der Waals surface area contributed by atoms with Gasteiger partial charge in [0.05, 0.1) is 5.56 Å². The van der Waals surface area contributed by atoms with Gasteiger partial charge in [-0.1, -0.05) is 12.1 Å². The second-order valence-corrected chi connectivity index (χ2v) is 5.93. The highest BCUT2D eigenvalue weighted by molar-refractivity contribution is 5.95. The molecule has 5 nitrogen and oxygen atoms in total. The predicted molar refractivity (Wildman–Crippen MR) is 90.6 cm³/mol. The second-order valence-electron chi connectivity index (χ2n) is 5.93. The average Bonchev–Trinajstić information content (AvgIpc) is 3.06. The van der Waals surface area contributed by atoms with Crippen molar-refractivity contribution in [1.82, 2.24) is 0 Å². The molecule has 1 heterocycles. The number of carbonyl (C=O) groups is 2. The Bertz CT molecular complexity index is 851. The number of amides is 1. The van der Waals surface area contributed by atoms with Crippen LogP contribution in [0.25, 0.3) is 0 Å². The summed E-state index contributed by atoms with van der Waals surface area (Å²) in [5, 5.41) is 0. The summed E-state index contributed by atoms with van der Waals surface area (Å²) in [7, 11) is 0. The molecule has 0 N–H and O–H groups in total. The van der Waals surface area contributed by atoms with Crippen molar-refractivity contribution in [3.8, 4) is 11.5 Å². The van der Waals surface area contributed by atoms with Crippen molar-refractivity contribution in [2.75, 3.05) is 18.1 Å². The van der Waals surface area contributed by atoms with E-state index in [1.165, 1.54) is 12.1 Å². The molecule has 0 atom stereocenters. The zero-order valence-corrected chi connectivity index (χ0v) is 14.2. The van der Waals surface area contributed by atoms with Gasteiger partial charge in [0.2, 0.25) is 5.91 Å². The van der Waals surface area contributed by atoms with Gasteiger partial charge in [0.15, 0.2) is 6.61 Å². The Kier molecular flexibility index (Phi) is 5.34. The van der Waals surface area contributed by atoms with E-state index in [2.05, 4.69) is 0 Å². The summed E-state index contributed by atoms with van der Waals surface area (Å²) in [4.78, 5) is 25.3. The fraction of sp³-hybridized carbons (Fsp3) is 0.263. The number of halogens is 3. The van der Waals surface area contributed by atoms with Crippen molar-refractivity contribution in [3.63, 3.8) is 0 Å². The van der Waals surface area contributed by atoms with Crippen LogP contribution >= 0.6 is 0 Å². The third kappa shape index (κ3) is 4.78. The van der Waals surface area contributed by atoms with E-state index in [1.54, 1.807) is 29.2 Å². The van der Waals surface area contributed by atoms with Gasteiger partial charge in [-0.3, -0.25) is 4.79 Å². The number of carbonyl (C=O) groups excluding carboxylic acids is 2. The summed E-state index contributed by atoms with van der Waals surface area (Å²) in [5.74, 6) is -0.619. The highest BCUT2D eigenvalue weighted by atomic mass is 19.4. The maximum Gasteiger partial charge on any atom is 0.416 e. The Balaban J connectivity index is 1.59. The van der Waals surface area contributed by atoms with Gasteiger partial charge in [-0.25, -0.2) is 4.79 Å². The van der Waals surface area contributed by atoms with Gasteiger partial charge < -0.3 is 14.4 Å². The Hall–Kier alpha value is -3.03. The van der Waals surface area contributed by atoms with E-state index in [0.717, 1.165) is 18.6 Å². The first-order valence-electron chi connectivity index (χ1n) is 8.24. The van der Waals surface area contributed by atoms with Crippen LogP contribution in [0.15, 0.2) is 48.5 Å². The highest BCUT2D eigenvalue weighted by Crippen LogP contribution is 2.31. The van der Waals surface area contributed by atoms with Crippen molar-refractivity contribution < 1.29 is 32.2 Å². The fourth-order valence-electron chi connectivity index (χ4n) is 2.70. The lowest BCUT2D eigenvalue weighted by Gasteiger charge is -2.16. The summed E-state index contributed by atoms with van der Waals surface area (Å²) in [5.41, 5.74) is -0.238. The summed E-state index contributed by atoms with van der Waals surface area (Å²) in [6, 6.07) is 10.7. The lowest BCUT2D eigenvalue weighted by molar-refractivity contribution is -0.137. The van der Waals surface area contributed by atoms with Gasteiger partial charge in [-0.15, -0.1) is 0 Å². The number of nitrogens with zero attached hydrogens (tertiary/aromatic N) is 1. The van der Waals surface area contributed by atoms with Gasteiger partial charge in [0.1, 0.15) is 11.5 Å². The minimum absolute atomic E-state index is 0.00589. The van der Waals surface area contributed by atoms with Gasteiger partial charge in [0, 0.05) is 24.7 Å². The third-order valence-corrected chi connectivity index (χ3v) is 3.95. The molecule has 0 saturated carbocycles. The number of benzene rings is 2. The van der Waals surface area contributed by atoms with Crippen molar-refractivity contribution in [1.29, 1.82) is 0 Å². The van der Waals surface area contributed by atoms with E-state index in [-0.39, 0.29) is 17.4 Å². The standard InChI is InChI=1S/C19H16F3NO4/c20-19(21,22)13-4-1-6-15(10-13)26-12-18(25)27-16-7-2-5-14(11-16)23-9-3-8-17(23)24/h1-2,4-7,10-11H,3,8-9,12H2. The minimum atomic E-state index is -4.49. The quantitative estimate of drug-likeness (QED) is 0.586. The molecule has 0 aliphatic carbocycles. The molecule has 0 spiro atoms. The van der Waals surface area contributed by atoms with Crippen LogP contribution in [0.4, 0.5) is 18.9 Å². The molecule has 2 aromatic carbocycles. The van der Waals surface area contributed by atoms with E-state index in [0.29, 0.717) is 18.7 Å². The number of anilines is 1. The van der Waals surface area contributed by atoms with Crippen molar-refractivity contribution in [2.24, 2.45) is 0 Å². The Morgan fingerprint density at radius 1 is 1.07 bits per heavy atom. The predicted octanol–water partition coefficient (Wildman–Crippen LogP) is 3.82. The Morgan fingerprint density at radius 2 is 1.81 bits per heavy atom. The van der Waals surface area contributed by atoms with Crippen LogP contribution in [0.3, 0.4) is 0 Å². The number of hydrogen-bond donors (Lipinski definition) is 0. The lowest BCUT2D eigenvalue weighted by Crippen LogP contribution is -2.23. The Morgan fingerprint density at radius 3 is 2.52 bits per heavy atom. The number of ether oxygens (including phenoxy) is 2. The van der Waals surface area contributed by atoms with Gasteiger partial charge in [0.25, 0.3) is 0 Å². The SMILES string of the molecule is O=C(COc1cccc(C(F)(F)F)c1)Oc1cccc(N2CCCC2=O)c1. The van der Waals surface area contributed by atoms with Crippen LogP contribution in [0, 0.1) is 0 Å². The zero-order chi connectivity index (χ0) is 19.4. The first kappa shape index (κ1) is 18.8. The normalized spacial score (nSPS) is 14.3. The number of hydrogen-bond acceptors (Lipinski definition) is 4. The number of alkyl halides is 3. The molecule has 3 rings (SSSR count). The third-order valence-electron chi connectivity index (χ3n) is 3.95. The second kappa shape index (κ2) is 7.69. The zero-order valence-electron chi connectivity index (χ0n) is 14.2. The molecule has 0 unspecified atom stereocenters. The lowest BCUT2D eigenvalue weighted by atomic mass is 10.2. The van der Waals surface area contributed by atoms with Crippen LogP contribution < -0.4 is 14.4 Å². The maximum atomic E-state index is 12.7.